The molecule has 2 amide bonds. The number of hydrogen-bond acceptors (Lipinski definition) is 7. The van der Waals surface area contributed by atoms with Crippen molar-refractivity contribution < 1.29 is 14.0 Å². The molecule has 30 heavy (non-hydrogen) atoms. The lowest BCUT2D eigenvalue weighted by atomic mass is 10.1. The van der Waals surface area contributed by atoms with Crippen LogP contribution >= 0.6 is 23.1 Å². The predicted molar refractivity (Wildman–Crippen MR) is 118 cm³/mol. The Morgan fingerprint density at radius 2 is 1.73 bits per heavy atom. The summed E-state index contributed by atoms with van der Waals surface area (Å²) in [7, 11) is 0. The minimum absolute atomic E-state index is 0.110. The molecule has 0 unspecified atom stereocenters. The maximum atomic E-state index is 12.9. The van der Waals surface area contributed by atoms with Crippen LogP contribution in [0.1, 0.15) is 11.1 Å². The van der Waals surface area contributed by atoms with Gasteiger partial charge in [0.2, 0.25) is 16.9 Å². The fourth-order valence-electron chi connectivity index (χ4n) is 2.53. The van der Waals surface area contributed by atoms with E-state index >= 15 is 0 Å². The van der Waals surface area contributed by atoms with Crippen molar-refractivity contribution >= 4 is 51.4 Å². The molecule has 0 atom stereocenters. The van der Waals surface area contributed by atoms with Crippen LogP contribution < -0.4 is 16.0 Å². The first-order valence-electron chi connectivity index (χ1n) is 9.02. The van der Waals surface area contributed by atoms with E-state index in [-0.39, 0.29) is 29.9 Å². The summed E-state index contributed by atoms with van der Waals surface area (Å²) in [5.41, 5.74) is 3.39. The Bertz CT molecular complexity index is 1020. The molecule has 156 valence electrons. The molecule has 3 aromatic rings. The summed E-state index contributed by atoms with van der Waals surface area (Å²) in [6.45, 7) is 3.72. The van der Waals surface area contributed by atoms with E-state index in [9.17, 15) is 14.0 Å². The molecule has 1 aromatic heterocycles. The molecule has 0 saturated heterocycles. The van der Waals surface area contributed by atoms with Crippen LogP contribution in [0.15, 0.2) is 46.8 Å². The highest BCUT2D eigenvalue weighted by Crippen LogP contribution is 2.27. The molecule has 0 radical (unpaired) electrons. The summed E-state index contributed by atoms with van der Waals surface area (Å²) in [6, 6.07) is 11.6. The van der Waals surface area contributed by atoms with Gasteiger partial charge in [-0.3, -0.25) is 9.59 Å². The first kappa shape index (κ1) is 21.7. The standard InChI is InChI=1S/C20H20FN5O2S2/c1-12-4-3-5-13(2)18(12)24-16(27)10-22-17(28)11-29-20-26-25-19(30-20)23-15-8-6-14(21)7-9-15/h3-9H,10-11H2,1-2H3,(H,22,28)(H,23,25)(H,24,27). The number of rotatable bonds is 8. The van der Waals surface area contributed by atoms with Gasteiger partial charge in [-0.2, -0.15) is 0 Å². The summed E-state index contributed by atoms with van der Waals surface area (Å²) in [5.74, 6) is -0.767. The van der Waals surface area contributed by atoms with Gasteiger partial charge in [0.05, 0.1) is 12.3 Å². The zero-order valence-corrected chi connectivity index (χ0v) is 18.0. The number of aromatic nitrogens is 2. The largest absolute Gasteiger partial charge is 0.346 e. The minimum atomic E-state index is -0.317. The average molecular weight is 446 g/mol. The van der Waals surface area contributed by atoms with Crippen LogP contribution in [0, 0.1) is 19.7 Å². The number of benzene rings is 2. The quantitative estimate of drug-likeness (QED) is 0.456. The van der Waals surface area contributed by atoms with Crippen LogP contribution in [0.25, 0.3) is 0 Å². The number of para-hydroxylation sites is 1. The highest BCUT2D eigenvalue weighted by molar-refractivity contribution is 8.01. The first-order valence-corrected chi connectivity index (χ1v) is 10.8. The molecule has 0 bridgehead atoms. The smallest absolute Gasteiger partial charge is 0.243 e. The van der Waals surface area contributed by atoms with Gasteiger partial charge in [0.1, 0.15) is 5.82 Å². The van der Waals surface area contributed by atoms with Gasteiger partial charge in [-0.05, 0) is 49.2 Å². The van der Waals surface area contributed by atoms with Gasteiger partial charge in [-0.25, -0.2) is 4.39 Å². The number of nitrogens with zero attached hydrogens (tertiary/aromatic N) is 2. The number of hydrogen-bond donors (Lipinski definition) is 3. The van der Waals surface area contributed by atoms with E-state index in [0.717, 1.165) is 16.8 Å². The number of carbonyl (C=O) groups excluding carboxylic acids is 2. The van der Waals surface area contributed by atoms with E-state index in [4.69, 9.17) is 0 Å². The summed E-state index contributed by atoms with van der Waals surface area (Å²) in [6.07, 6.45) is 0. The second-order valence-electron chi connectivity index (χ2n) is 6.39. The fourth-order valence-corrected chi connectivity index (χ4v) is 4.13. The summed E-state index contributed by atoms with van der Waals surface area (Å²) in [5, 5.41) is 17.0. The first-order chi connectivity index (χ1) is 14.4. The van der Waals surface area contributed by atoms with E-state index in [1.807, 2.05) is 32.0 Å². The normalized spacial score (nSPS) is 10.5. The third-order valence-corrected chi connectivity index (χ3v) is 5.99. The molecule has 0 aliphatic carbocycles. The van der Waals surface area contributed by atoms with E-state index in [1.165, 1.54) is 35.2 Å². The van der Waals surface area contributed by atoms with Gasteiger partial charge < -0.3 is 16.0 Å². The van der Waals surface area contributed by atoms with E-state index in [0.29, 0.717) is 15.2 Å². The molecule has 7 nitrogen and oxygen atoms in total. The number of halogens is 1. The molecule has 0 fully saturated rings. The second-order valence-corrected chi connectivity index (χ2v) is 8.59. The fraction of sp³-hybridized carbons (Fsp3) is 0.200. The topological polar surface area (TPSA) is 96.0 Å². The Morgan fingerprint density at radius 3 is 2.43 bits per heavy atom. The third kappa shape index (κ3) is 6.26. The molecule has 0 aliphatic rings. The summed E-state index contributed by atoms with van der Waals surface area (Å²) >= 11 is 2.50. The van der Waals surface area contributed by atoms with Crippen LogP contribution in [0.5, 0.6) is 0 Å². The molecule has 2 aromatic carbocycles. The van der Waals surface area contributed by atoms with Crippen LogP contribution in [-0.2, 0) is 9.59 Å². The SMILES string of the molecule is Cc1cccc(C)c1NC(=O)CNC(=O)CSc1nnc(Nc2ccc(F)cc2)s1. The Kier molecular flexibility index (Phi) is 7.36. The Morgan fingerprint density at radius 1 is 1.03 bits per heavy atom. The van der Waals surface area contributed by atoms with Crippen molar-refractivity contribution in [3.63, 3.8) is 0 Å². The van der Waals surface area contributed by atoms with Crippen LogP contribution in [0.3, 0.4) is 0 Å². The highest BCUT2D eigenvalue weighted by Gasteiger charge is 2.11. The van der Waals surface area contributed by atoms with Crippen LogP contribution in [-0.4, -0.2) is 34.3 Å². The van der Waals surface area contributed by atoms with Crippen LogP contribution in [0.2, 0.25) is 0 Å². The van der Waals surface area contributed by atoms with Gasteiger partial charge >= 0.3 is 0 Å². The molecule has 10 heteroatoms. The van der Waals surface area contributed by atoms with E-state index in [1.54, 1.807) is 12.1 Å². The number of thioether (sulfide) groups is 1. The summed E-state index contributed by atoms with van der Waals surface area (Å²) in [4.78, 5) is 24.1. The molecule has 0 spiro atoms. The number of anilines is 3. The number of nitrogens with one attached hydrogen (secondary N) is 3. The number of aryl methyl sites for hydroxylation is 2. The van der Waals surface area contributed by atoms with E-state index in [2.05, 4.69) is 26.1 Å². The maximum absolute atomic E-state index is 12.9. The van der Waals surface area contributed by atoms with Crippen molar-refractivity contribution in [3.05, 3.63) is 59.4 Å². The van der Waals surface area contributed by atoms with Crippen molar-refractivity contribution in [1.82, 2.24) is 15.5 Å². The Hall–Kier alpha value is -2.98. The number of amides is 2. The summed E-state index contributed by atoms with van der Waals surface area (Å²) < 4.78 is 13.5. The Labute approximate surface area is 181 Å². The molecule has 0 saturated carbocycles. The van der Waals surface area contributed by atoms with Gasteiger partial charge in [0, 0.05) is 11.4 Å². The highest BCUT2D eigenvalue weighted by atomic mass is 32.2. The molecular formula is C20H20FN5O2S2. The maximum Gasteiger partial charge on any atom is 0.243 e. The molecule has 0 aliphatic heterocycles. The van der Waals surface area contributed by atoms with Crippen molar-refractivity contribution in [3.8, 4) is 0 Å². The zero-order valence-electron chi connectivity index (χ0n) is 16.4. The predicted octanol–water partition coefficient (Wildman–Crippen LogP) is 3.88. The number of carbonyl (C=O) groups is 2. The monoisotopic (exact) mass is 445 g/mol. The average Bonchev–Trinajstić information content (AvgIpc) is 3.17. The molecule has 1 heterocycles. The van der Waals surface area contributed by atoms with Gasteiger partial charge in [0.25, 0.3) is 0 Å². The van der Waals surface area contributed by atoms with Crippen molar-refractivity contribution in [2.45, 2.75) is 18.2 Å². The van der Waals surface area contributed by atoms with Crippen molar-refractivity contribution in [2.24, 2.45) is 0 Å². The van der Waals surface area contributed by atoms with E-state index < -0.39 is 0 Å². The molecule has 3 rings (SSSR count). The van der Waals surface area contributed by atoms with Crippen LogP contribution in [0.4, 0.5) is 20.9 Å². The third-order valence-electron chi connectivity index (χ3n) is 4.02. The minimum Gasteiger partial charge on any atom is -0.346 e. The van der Waals surface area contributed by atoms with Crippen molar-refractivity contribution in [1.29, 1.82) is 0 Å². The lowest BCUT2D eigenvalue weighted by Gasteiger charge is -2.11. The van der Waals surface area contributed by atoms with Gasteiger partial charge in [0.15, 0.2) is 4.34 Å². The molecule has 3 N–H and O–H groups in total. The molecular weight excluding hydrogens is 425 g/mol. The Balaban J connectivity index is 1.42. The lowest BCUT2D eigenvalue weighted by Crippen LogP contribution is -2.34. The van der Waals surface area contributed by atoms with Gasteiger partial charge in [-0.1, -0.05) is 41.3 Å². The van der Waals surface area contributed by atoms with Gasteiger partial charge in [-0.15, -0.1) is 10.2 Å². The van der Waals surface area contributed by atoms with Crippen molar-refractivity contribution in [2.75, 3.05) is 22.9 Å². The lowest BCUT2D eigenvalue weighted by molar-refractivity contribution is -0.122. The zero-order chi connectivity index (χ0) is 21.5. The second kappa shape index (κ2) is 10.2.